The molecular weight excluding hydrogens is 452 g/mol. The number of ether oxygens (including phenoxy) is 2. The number of hydrazine groups is 1. The SMILES string of the molecule is CCOc1ccccc1OCC(=O)NNC(=O)c1ccc2c(=O)n(-c3ccccc3)c(=O)[nH]c2c1. The van der Waals surface area contributed by atoms with E-state index in [9.17, 15) is 19.2 Å². The van der Waals surface area contributed by atoms with Crippen molar-refractivity contribution in [2.75, 3.05) is 13.2 Å². The summed E-state index contributed by atoms with van der Waals surface area (Å²) in [6.07, 6.45) is 0. The van der Waals surface area contributed by atoms with Crippen molar-refractivity contribution in [2.24, 2.45) is 0 Å². The third kappa shape index (κ3) is 5.22. The highest BCUT2D eigenvalue weighted by molar-refractivity contribution is 5.98. The number of rotatable bonds is 7. The fraction of sp³-hybridized carbons (Fsp3) is 0.120. The Morgan fingerprint density at radius 3 is 2.29 bits per heavy atom. The predicted octanol–water partition coefficient (Wildman–Crippen LogP) is 1.92. The maximum Gasteiger partial charge on any atom is 0.333 e. The molecule has 0 aliphatic carbocycles. The highest BCUT2D eigenvalue weighted by Gasteiger charge is 2.14. The van der Waals surface area contributed by atoms with Crippen LogP contribution < -0.4 is 31.6 Å². The summed E-state index contributed by atoms with van der Waals surface area (Å²) in [7, 11) is 0. The number of para-hydroxylation sites is 3. The summed E-state index contributed by atoms with van der Waals surface area (Å²) in [6.45, 7) is 1.93. The van der Waals surface area contributed by atoms with E-state index in [1.165, 1.54) is 18.2 Å². The summed E-state index contributed by atoms with van der Waals surface area (Å²) in [5.74, 6) is -0.327. The molecule has 4 rings (SSSR count). The standard InChI is InChI=1S/C25H22N4O6/c1-2-34-20-10-6-7-11-21(20)35-15-22(30)27-28-23(31)16-12-13-18-19(14-16)26-25(33)29(24(18)32)17-8-4-3-5-9-17/h3-14H,2,15H2,1H3,(H,26,33)(H,27,30)(H,28,31). The van der Waals surface area contributed by atoms with Crippen LogP contribution in [0.3, 0.4) is 0 Å². The lowest BCUT2D eigenvalue weighted by molar-refractivity contribution is -0.123. The van der Waals surface area contributed by atoms with Crippen molar-refractivity contribution in [3.63, 3.8) is 0 Å². The Morgan fingerprint density at radius 2 is 1.57 bits per heavy atom. The molecule has 0 aliphatic rings. The largest absolute Gasteiger partial charge is 0.490 e. The van der Waals surface area contributed by atoms with Crippen LogP contribution in [-0.4, -0.2) is 34.6 Å². The van der Waals surface area contributed by atoms with Gasteiger partial charge in [0, 0.05) is 5.56 Å². The van der Waals surface area contributed by atoms with Crippen molar-refractivity contribution in [3.05, 3.63) is 99.2 Å². The molecule has 0 saturated heterocycles. The smallest absolute Gasteiger partial charge is 0.333 e. The van der Waals surface area contributed by atoms with Gasteiger partial charge >= 0.3 is 5.69 Å². The van der Waals surface area contributed by atoms with Crippen molar-refractivity contribution in [3.8, 4) is 17.2 Å². The fourth-order valence-corrected chi connectivity index (χ4v) is 3.39. The number of carbonyl (C=O) groups is 2. The lowest BCUT2D eigenvalue weighted by atomic mass is 10.1. The third-order valence-corrected chi connectivity index (χ3v) is 5.00. The summed E-state index contributed by atoms with van der Waals surface area (Å²) in [5.41, 5.74) is 4.15. The van der Waals surface area contributed by atoms with E-state index in [1.807, 2.05) is 6.92 Å². The number of nitrogens with zero attached hydrogens (tertiary/aromatic N) is 1. The molecule has 10 nitrogen and oxygen atoms in total. The zero-order valence-corrected chi connectivity index (χ0v) is 18.7. The van der Waals surface area contributed by atoms with Gasteiger partial charge in [-0.05, 0) is 49.4 Å². The summed E-state index contributed by atoms with van der Waals surface area (Å²) < 4.78 is 11.9. The van der Waals surface area contributed by atoms with E-state index in [0.717, 1.165) is 4.57 Å². The highest BCUT2D eigenvalue weighted by Crippen LogP contribution is 2.26. The van der Waals surface area contributed by atoms with Gasteiger partial charge in [0.05, 0.1) is 23.2 Å². The van der Waals surface area contributed by atoms with Crippen LogP contribution in [-0.2, 0) is 4.79 Å². The second-order valence-electron chi connectivity index (χ2n) is 7.34. The number of carbonyl (C=O) groups excluding carboxylic acids is 2. The summed E-state index contributed by atoms with van der Waals surface area (Å²) in [5, 5.41) is 0.232. The van der Waals surface area contributed by atoms with Crippen molar-refractivity contribution in [1.29, 1.82) is 0 Å². The number of hydrogen-bond acceptors (Lipinski definition) is 6. The van der Waals surface area contributed by atoms with E-state index in [2.05, 4.69) is 15.8 Å². The van der Waals surface area contributed by atoms with Crippen molar-refractivity contribution in [1.82, 2.24) is 20.4 Å². The predicted molar refractivity (Wildman–Crippen MR) is 129 cm³/mol. The summed E-state index contributed by atoms with van der Waals surface area (Å²) in [6, 6.07) is 19.6. The maximum absolute atomic E-state index is 12.9. The Bertz CT molecular complexity index is 1490. The molecule has 3 aromatic carbocycles. The third-order valence-electron chi connectivity index (χ3n) is 5.00. The second-order valence-corrected chi connectivity index (χ2v) is 7.34. The number of fused-ring (bicyclic) bond motifs is 1. The molecule has 0 saturated carbocycles. The van der Waals surface area contributed by atoms with E-state index in [0.29, 0.717) is 23.8 Å². The number of benzene rings is 3. The molecule has 0 atom stereocenters. The second kappa shape index (κ2) is 10.4. The fourth-order valence-electron chi connectivity index (χ4n) is 3.39. The lowest BCUT2D eigenvalue weighted by Crippen LogP contribution is -2.43. The van der Waals surface area contributed by atoms with E-state index < -0.39 is 23.1 Å². The van der Waals surface area contributed by atoms with Gasteiger partial charge in [-0.3, -0.25) is 25.2 Å². The van der Waals surface area contributed by atoms with E-state index in [1.54, 1.807) is 54.6 Å². The van der Waals surface area contributed by atoms with E-state index >= 15 is 0 Å². The van der Waals surface area contributed by atoms with Crippen LogP contribution in [0.25, 0.3) is 16.6 Å². The topological polar surface area (TPSA) is 132 Å². The van der Waals surface area contributed by atoms with Crippen LogP contribution in [0.15, 0.2) is 82.4 Å². The van der Waals surface area contributed by atoms with Gasteiger partial charge in [-0.2, -0.15) is 0 Å². The average molecular weight is 474 g/mol. The quantitative estimate of drug-likeness (QED) is 0.351. The monoisotopic (exact) mass is 474 g/mol. The molecule has 0 unspecified atom stereocenters. The zero-order chi connectivity index (χ0) is 24.8. The molecule has 178 valence electrons. The van der Waals surface area contributed by atoms with Gasteiger partial charge in [-0.15, -0.1) is 0 Å². The number of amides is 2. The highest BCUT2D eigenvalue weighted by atomic mass is 16.5. The summed E-state index contributed by atoms with van der Waals surface area (Å²) in [4.78, 5) is 52.6. The molecule has 1 aromatic heterocycles. The van der Waals surface area contributed by atoms with Crippen LogP contribution in [0.4, 0.5) is 0 Å². The minimum atomic E-state index is -0.636. The molecular formula is C25H22N4O6. The first kappa shape index (κ1) is 23.3. The van der Waals surface area contributed by atoms with Gasteiger partial charge in [0.25, 0.3) is 17.4 Å². The summed E-state index contributed by atoms with van der Waals surface area (Å²) >= 11 is 0. The Hall–Kier alpha value is -4.86. The first-order valence-corrected chi connectivity index (χ1v) is 10.8. The van der Waals surface area contributed by atoms with Crippen molar-refractivity contribution >= 4 is 22.7 Å². The molecule has 0 radical (unpaired) electrons. The molecule has 4 aromatic rings. The average Bonchev–Trinajstić information content (AvgIpc) is 2.87. The Labute approximate surface area is 199 Å². The first-order valence-electron chi connectivity index (χ1n) is 10.8. The number of hydrogen-bond donors (Lipinski definition) is 3. The number of aromatic nitrogens is 2. The van der Waals surface area contributed by atoms with Crippen LogP contribution in [0, 0.1) is 0 Å². The molecule has 10 heteroatoms. The molecule has 0 fully saturated rings. The van der Waals surface area contributed by atoms with Crippen LogP contribution in [0.5, 0.6) is 11.5 Å². The minimum Gasteiger partial charge on any atom is -0.490 e. The van der Waals surface area contributed by atoms with Gasteiger partial charge in [-0.1, -0.05) is 30.3 Å². The van der Waals surface area contributed by atoms with Gasteiger partial charge in [0.15, 0.2) is 18.1 Å². The Balaban J connectivity index is 1.43. The van der Waals surface area contributed by atoms with Gasteiger partial charge in [0.2, 0.25) is 0 Å². The minimum absolute atomic E-state index is 0.132. The number of aromatic amines is 1. The zero-order valence-electron chi connectivity index (χ0n) is 18.7. The molecule has 3 N–H and O–H groups in total. The first-order chi connectivity index (χ1) is 17.0. The van der Waals surface area contributed by atoms with E-state index in [4.69, 9.17) is 9.47 Å². The molecule has 0 aliphatic heterocycles. The van der Waals surface area contributed by atoms with Crippen LogP contribution in [0.2, 0.25) is 0 Å². The molecule has 0 spiro atoms. The van der Waals surface area contributed by atoms with Crippen molar-refractivity contribution in [2.45, 2.75) is 6.92 Å². The number of H-pyrrole nitrogens is 1. The van der Waals surface area contributed by atoms with Gasteiger partial charge in [-0.25, -0.2) is 9.36 Å². The maximum atomic E-state index is 12.9. The Kier molecular flexibility index (Phi) is 6.91. The lowest BCUT2D eigenvalue weighted by Gasteiger charge is -2.12. The van der Waals surface area contributed by atoms with Gasteiger partial charge in [0.1, 0.15) is 0 Å². The molecule has 35 heavy (non-hydrogen) atoms. The van der Waals surface area contributed by atoms with E-state index in [-0.39, 0.29) is 23.1 Å². The molecule has 1 heterocycles. The molecule has 2 amide bonds. The van der Waals surface area contributed by atoms with Crippen molar-refractivity contribution < 1.29 is 19.1 Å². The molecule has 0 bridgehead atoms. The Morgan fingerprint density at radius 1 is 0.886 bits per heavy atom. The van der Waals surface area contributed by atoms with Crippen LogP contribution in [0.1, 0.15) is 17.3 Å². The number of nitrogens with one attached hydrogen (secondary N) is 3. The van der Waals surface area contributed by atoms with Crippen LogP contribution >= 0.6 is 0 Å². The van der Waals surface area contributed by atoms with Gasteiger partial charge < -0.3 is 14.5 Å². The normalized spacial score (nSPS) is 10.5.